The first-order valence-electron chi connectivity index (χ1n) is 9.49. The molecule has 1 amide bonds. The molecule has 3 rings (SSSR count). The van der Waals surface area contributed by atoms with Crippen LogP contribution in [0.4, 0.5) is 0 Å². The average Bonchev–Trinajstić information content (AvgIpc) is 2.57. The molecule has 1 N–H and O–H groups in total. The largest absolute Gasteiger partial charge is 0.375 e. The molecule has 0 aliphatic carbocycles. The van der Waals surface area contributed by atoms with E-state index in [0.717, 1.165) is 32.0 Å². The maximum absolute atomic E-state index is 12.8. The molecule has 132 valence electrons. The van der Waals surface area contributed by atoms with Gasteiger partial charge in [0.1, 0.15) is 6.04 Å². The van der Waals surface area contributed by atoms with E-state index in [1.165, 1.54) is 38.9 Å². The number of hydrogen-bond acceptors (Lipinski definition) is 4. The first-order valence-corrected chi connectivity index (χ1v) is 9.49. The predicted molar refractivity (Wildman–Crippen MR) is 91.3 cm³/mol. The van der Waals surface area contributed by atoms with Crippen LogP contribution in [-0.2, 0) is 9.53 Å². The Balaban J connectivity index is 1.50. The maximum atomic E-state index is 12.8. The van der Waals surface area contributed by atoms with Crippen LogP contribution in [0.15, 0.2) is 0 Å². The molecular weight excluding hydrogens is 290 g/mol. The second kappa shape index (κ2) is 7.95. The molecule has 0 saturated carbocycles. The third kappa shape index (κ3) is 4.46. The van der Waals surface area contributed by atoms with Crippen molar-refractivity contribution in [2.75, 3.05) is 45.9 Å². The Bertz CT molecular complexity index is 396. The van der Waals surface area contributed by atoms with E-state index in [4.69, 9.17) is 4.74 Å². The molecule has 23 heavy (non-hydrogen) atoms. The summed E-state index contributed by atoms with van der Waals surface area (Å²) in [4.78, 5) is 17.5. The zero-order chi connectivity index (χ0) is 16.2. The third-order valence-electron chi connectivity index (χ3n) is 5.81. The van der Waals surface area contributed by atoms with E-state index in [1.807, 2.05) is 6.92 Å². The number of likely N-dealkylation sites (tertiary alicyclic amines) is 2. The molecule has 3 aliphatic rings. The molecular formula is C18H33N3O2. The first-order chi connectivity index (χ1) is 11.1. The van der Waals surface area contributed by atoms with Crippen molar-refractivity contribution in [3.63, 3.8) is 0 Å². The zero-order valence-corrected chi connectivity index (χ0v) is 14.8. The van der Waals surface area contributed by atoms with Gasteiger partial charge < -0.3 is 19.9 Å². The zero-order valence-electron chi connectivity index (χ0n) is 14.8. The van der Waals surface area contributed by atoms with Crippen LogP contribution < -0.4 is 5.32 Å². The Labute approximate surface area is 140 Å². The second-order valence-corrected chi connectivity index (χ2v) is 7.78. The number of amides is 1. The smallest absolute Gasteiger partial charge is 0.242 e. The molecule has 0 aromatic heterocycles. The summed E-state index contributed by atoms with van der Waals surface area (Å²) in [5, 5.41) is 3.34. The van der Waals surface area contributed by atoms with E-state index in [9.17, 15) is 4.79 Å². The van der Waals surface area contributed by atoms with Gasteiger partial charge in [0, 0.05) is 26.2 Å². The van der Waals surface area contributed by atoms with Crippen LogP contribution in [0.5, 0.6) is 0 Å². The molecule has 3 fully saturated rings. The highest BCUT2D eigenvalue weighted by molar-refractivity contribution is 5.82. The molecule has 0 radical (unpaired) electrons. The van der Waals surface area contributed by atoms with Crippen molar-refractivity contribution in [1.29, 1.82) is 0 Å². The van der Waals surface area contributed by atoms with Crippen LogP contribution >= 0.6 is 0 Å². The van der Waals surface area contributed by atoms with Gasteiger partial charge in [0.05, 0.1) is 12.7 Å². The van der Waals surface area contributed by atoms with Gasteiger partial charge in [-0.25, -0.2) is 0 Å². The van der Waals surface area contributed by atoms with Gasteiger partial charge in [0.25, 0.3) is 0 Å². The SMILES string of the molecule is CC1CCN(CC2CCCN(C(=O)[C@H]3NCCO[C@@H]3C)C2)CC1. The van der Waals surface area contributed by atoms with E-state index in [-0.39, 0.29) is 18.1 Å². The molecule has 1 unspecified atom stereocenters. The van der Waals surface area contributed by atoms with Gasteiger partial charge >= 0.3 is 0 Å². The summed E-state index contributed by atoms with van der Waals surface area (Å²) in [6.07, 6.45) is 5.05. The highest BCUT2D eigenvalue weighted by atomic mass is 16.5. The van der Waals surface area contributed by atoms with E-state index in [2.05, 4.69) is 22.0 Å². The Hall–Kier alpha value is -0.650. The first kappa shape index (κ1) is 17.2. The van der Waals surface area contributed by atoms with Crippen LogP contribution in [0, 0.1) is 11.8 Å². The minimum atomic E-state index is -0.154. The molecule has 0 aromatic carbocycles. The van der Waals surface area contributed by atoms with Gasteiger partial charge in [-0.3, -0.25) is 4.79 Å². The molecule has 3 heterocycles. The summed E-state index contributed by atoms with van der Waals surface area (Å²) < 4.78 is 5.64. The average molecular weight is 323 g/mol. The fraction of sp³-hybridized carbons (Fsp3) is 0.944. The van der Waals surface area contributed by atoms with Crippen LogP contribution in [0.3, 0.4) is 0 Å². The highest BCUT2D eigenvalue weighted by Gasteiger charge is 2.34. The van der Waals surface area contributed by atoms with Crippen LogP contribution in [0.1, 0.15) is 39.5 Å². The molecule has 3 saturated heterocycles. The number of ether oxygens (including phenoxy) is 1. The summed E-state index contributed by atoms with van der Waals surface area (Å²) in [5.41, 5.74) is 0. The summed E-state index contributed by atoms with van der Waals surface area (Å²) in [5.74, 6) is 1.77. The number of piperidine rings is 2. The summed E-state index contributed by atoms with van der Waals surface area (Å²) in [6, 6.07) is -0.154. The quantitative estimate of drug-likeness (QED) is 0.851. The van der Waals surface area contributed by atoms with Gasteiger partial charge in [-0.15, -0.1) is 0 Å². The van der Waals surface area contributed by atoms with E-state index in [1.54, 1.807) is 0 Å². The van der Waals surface area contributed by atoms with Gasteiger partial charge in [0.2, 0.25) is 5.91 Å². The van der Waals surface area contributed by atoms with Crippen molar-refractivity contribution < 1.29 is 9.53 Å². The molecule has 0 spiro atoms. The molecule has 3 aliphatic heterocycles. The topological polar surface area (TPSA) is 44.8 Å². The number of nitrogens with one attached hydrogen (secondary N) is 1. The van der Waals surface area contributed by atoms with Crippen molar-refractivity contribution in [3.05, 3.63) is 0 Å². The van der Waals surface area contributed by atoms with E-state index < -0.39 is 0 Å². The molecule has 0 aromatic rings. The van der Waals surface area contributed by atoms with E-state index in [0.29, 0.717) is 12.5 Å². The summed E-state index contributed by atoms with van der Waals surface area (Å²) in [7, 11) is 0. The molecule has 5 heteroatoms. The highest BCUT2D eigenvalue weighted by Crippen LogP contribution is 2.22. The minimum absolute atomic E-state index is 0.0137. The number of carbonyl (C=O) groups is 1. The Kier molecular flexibility index (Phi) is 5.94. The fourth-order valence-corrected chi connectivity index (χ4v) is 4.23. The van der Waals surface area contributed by atoms with Crippen molar-refractivity contribution in [1.82, 2.24) is 15.1 Å². The minimum Gasteiger partial charge on any atom is -0.375 e. The number of carbonyl (C=O) groups excluding carboxylic acids is 1. The lowest BCUT2D eigenvalue weighted by Crippen LogP contribution is -2.58. The predicted octanol–water partition coefficient (Wildman–Crippen LogP) is 1.33. The van der Waals surface area contributed by atoms with Crippen molar-refractivity contribution in [3.8, 4) is 0 Å². The monoisotopic (exact) mass is 323 g/mol. The van der Waals surface area contributed by atoms with Gasteiger partial charge in [-0.2, -0.15) is 0 Å². The van der Waals surface area contributed by atoms with E-state index >= 15 is 0 Å². The Morgan fingerprint density at radius 1 is 1.17 bits per heavy atom. The van der Waals surface area contributed by atoms with Crippen molar-refractivity contribution in [2.45, 2.75) is 51.7 Å². The van der Waals surface area contributed by atoms with Crippen LogP contribution in [0.2, 0.25) is 0 Å². The number of hydrogen-bond donors (Lipinski definition) is 1. The Morgan fingerprint density at radius 3 is 2.70 bits per heavy atom. The lowest BCUT2D eigenvalue weighted by Gasteiger charge is -2.40. The number of nitrogens with zero attached hydrogens (tertiary/aromatic N) is 2. The second-order valence-electron chi connectivity index (χ2n) is 7.78. The molecule has 3 atom stereocenters. The summed E-state index contributed by atoms with van der Waals surface area (Å²) >= 11 is 0. The van der Waals surface area contributed by atoms with Crippen LogP contribution in [0.25, 0.3) is 0 Å². The normalized spacial score (nSPS) is 34.5. The molecule has 5 nitrogen and oxygen atoms in total. The van der Waals surface area contributed by atoms with Gasteiger partial charge in [-0.05, 0) is 57.5 Å². The lowest BCUT2D eigenvalue weighted by molar-refractivity contribution is -0.141. The maximum Gasteiger partial charge on any atom is 0.242 e. The molecule has 0 bridgehead atoms. The fourth-order valence-electron chi connectivity index (χ4n) is 4.23. The third-order valence-corrected chi connectivity index (χ3v) is 5.81. The van der Waals surface area contributed by atoms with Crippen LogP contribution in [-0.4, -0.2) is 73.7 Å². The van der Waals surface area contributed by atoms with Gasteiger partial charge in [0.15, 0.2) is 0 Å². The van der Waals surface area contributed by atoms with Crippen molar-refractivity contribution in [2.24, 2.45) is 11.8 Å². The standard InChI is InChI=1S/C18H33N3O2/c1-14-5-9-20(10-6-14)12-16-4-3-8-21(13-16)18(22)17-15(2)23-11-7-19-17/h14-17,19H,3-13H2,1-2H3/t15-,16?,17+/m1/s1. The Morgan fingerprint density at radius 2 is 1.96 bits per heavy atom. The summed E-state index contributed by atoms with van der Waals surface area (Å²) in [6.45, 7) is 11.3. The number of morpholine rings is 1. The number of rotatable bonds is 3. The lowest BCUT2D eigenvalue weighted by atomic mass is 9.93. The van der Waals surface area contributed by atoms with Crippen molar-refractivity contribution >= 4 is 5.91 Å². The van der Waals surface area contributed by atoms with Gasteiger partial charge in [-0.1, -0.05) is 6.92 Å².